The van der Waals surface area contributed by atoms with Gasteiger partial charge in [-0.15, -0.1) is 0 Å². The molecule has 0 aliphatic heterocycles. The Kier molecular flexibility index (Phi) is 4.60. The molecule has 0 aromatic rings. The number of rotatable bonds is 5. The smallest absolute Gasteiger partial charge is 0.00226 e. The molecule has 0 aliphatic carbocycles. The lowest BCUT2D eigenvalue weighted by Gasteiger charge is -2.22. The van der Waals surface area contributed by atoms with Crippen LogP contribution in [0, 0.1) is 5.41 Å². The van der Waals surface area contributed by atoms with Crippen LogP contribution in [-0.4, -0.2) is 6.54 Å². The maximum atomic E-state index is 5.62. The van der Waals surface area contributed by atoms with Crippen molar-refractivity contribution >= 4 is 0 Å². The highest BCUT2D eigenvalue weighted by Crippen LogP contribution is 2.23. The van der Waals surface area contributed by atoms with E-state index in [0.29, 0.717) is 6.54 Å². The second-order valence-corrected chi connectivity index (χ2v) is 3.73. The monoisotopic (exact) mass is 165 g/mol. The molecule has 0 aromatic heterocycles. The Morgan fingerprint density at radius 3 is 2.33 bits per heavy atom. The van der Waals surface area contributed by atoms with E-state index < -0.39 is 0 Å². The van der Waals surface area contributed by atoms with Crippen LogP contribution in [0.5, 0.6) is 0 Å². The van der Waals surface area contributed by atoms with Gasteiger partial charge in [0.05, 0.1) is 0 Å². The summed E-state index contributed by atoms with van der Waals surface area (Å²) in [4.78, 5) is 0. The van der Waals surface area contributed by atoms with Crippen LogP contribution in [0.4, 0.5) is 0 Å². The van der Waals surface area contributed by atoms with Crippen LogP contribution in [0.25, 0.3) is 0 Å². The first-order valence-electron chi connectivity index (χ1n) is 4.20. The van der Waals surface area contributed by atoms with Crippen molar-refractivity contribution in [3.63, 3.8) is 0 Å². The molecule has 1 heteroatoms. The molecule has 0 spiro atoms. The second kappa shape index (κ2) is 4.94. The highest BCUT2D eigenvalue weighted by molar-refractivity contribution is 5.22. The quantitative estimate of drug-likeness (QED) is 0.623. The van der Waals surface area contributed by atoms with Gasteiger partial charge in [0.15, 0.2) is 0 Å². The number of nitrogens with two attached hydrogens (primary N) is 1. The first-order chi connectivity index (χ1) is 5.55. The highest BCUT2D eigenvalue weighted by atomic mass is 14.6. The van der Waals surface area contributed by atoms with Gasteiger partial charge in [-0.3, -0.25) is 0 Å². The molecule has 12 heavy (non-hydrogen) atoms. The van der Waals surface area contributed by atoms with Crippen LogP contribution in [0.2, 0.25) is 0 Å². The van der Waals surface area contributed by atoms with Crippen molar-refractivity contribution in [1.29, 1.82) is 0 Å². The molecule has 0 aromatic carbocycles. The molecule has 0 atom stereocenters. The lowest BCUT2D eigenvalue weighted by Crippen LogP contribution is -2.23. The zero-order valence-corrected chi connectivity index (χ0v) is 8.14. The number of allylic oxidation sites excluding steroid dienone is 4. The van der Waals surface area contributed by atoms with E-state index in [9.17, 15) is 0 Å². The normalized spacial score (nSPS) is 12.8. The fourth-order valence-electron chi connectivity index (χ4n) is 0.975. The van der Waals surface area contributed by atoms with Gasteiger partial charge in [-0.2, -0.15) is 0 Å². The van der Waals surface area contributed by atoms with Crippen LogP contribution in [0.3, 0.4) is 0 Å². The molecule has 0 saturated heterocycles. The van der Waals surface area contributed by atoms with Gasteiger partial charge >= 0.3 is 0 Å². The zero-order chi connectivity index (χ0) is 9.61. The van der Waals surface area contributed by atoms with E-state index in [4.69, 9.17) is 5.73 Å². The molecular formula is C11H19N. The molecular weight excluding hydrogens is 146 g/mol. The molecule has 0 unspecified atom stereocenters. The first kappa shape index (κ1) is 11.2. The van der Waals surface area contributed by atoms with E-state index in [0.717, 1.165) is 6.42 Å². The molecule has 0 amide bonds. The van der Waals surface area contributed by atoms with E-state index in [1.807, 2.05) is 12.2 Å². The van der Waals surface area contributed by atoms with Gasteiger partial charge in [0.2, 0.25) is 0 Å². The van der Waals surface area contributed by atoms with Crippen LogP contribution in [0.15, 0.2) is 37.0 Å². The Labute approximate surface area is 75.7 Å². The lowest BCUT2D eigenvalue weighted by molar-refractivity contribution is 0.378. The summed E-state index contributed by atoms with van der Waals surface area (Å²) in [5.41, 5.74) is 6.97. The van der Waals surface area contributed by atoms with Gasteiger partial charge in [0.25, 0.3) is 0 Å². The summed E-state index contributed by atoms with van der Waals surface area (Å²) in [5.74, 6) is 0. The predicted molar refractivity (Wildman–Crippen MR) is 55.9 cm³/mol. The minimum absolute atomic E-state index is 0.156. The van der Waals surface area contributed by atoms with Crippen molar-refractivity contribution in [2.24, 2.45) is 11.1 Å². The minimum atomic E-state index is 0.156. The SMILES string of the molecule is C=C/C=C(\C=C)CC(C)(C)CN. The van der Waals surface area contributed by atoms with E-state index in [1.54, 1.807) is 6.08 Å². The summed E-state index contributed by atoms with van der Waals surface area (Å²) in [5, 5.41) is 0. The van der Waals surface area contributed by atoms with Crippen LogP contribution in [-0.2, 0) is 0 Å². The Balaban J connectivity index is 4.30. The van der Waals surface area contributed by atoms with Crippen molar-refractivity contribution < 1.29 is 0 Å². The van der Waals surface area contributed by atoms with Crippen molar-refractivity contribution in [1.82, 2.24) is 0 Å². The first-order valence-corrected chi connectivity index (χ1v) is 4.20. The van der Waals surface area contributed by atoms with E-state index >= 15 is 0 Å². The van der Waals surface area contributed by atoms with Gasteiger partial charge in [0.1, 0.15) is 0 Å². The van der Waals surface area contributed by atoms with Gasteiger partial charge < -0.3 is 5.73 Å². The molecule has 0 saturated carbocycles. The molecule has 1 nitrogen and oxygen atoms in total. The standard InChI is InChI=1S/C11H19N/c1-5-7-10(6-2)8-11(3,4)9-12/h5-7H,1-2,8-9,12H2,3-4H3/b10-7+. The summed E-state index contributed by atoms with van der Waals surface area (Å²) in [7, 11) is 0. The minimum Gasteiger partial charge on any atom is -0.330 e. The van der Waals surface area contributed by atoms with Gasteiger partial charge in [-0.05, 0) is 24.0 Å². The van der Waals surface area contributed by atoms with Gasteiger partial charge in [-0.1, -0.05) is 45.2 Å². The fraction of sp³-hybridized carbons (Fsp3) is 0.455. The Bertz CT molecular complexity index is 187. The average molecular weight is 165 g/mol. The summed E-state index contributed by atoms with van der Waals surface area (Å²) in [6.07, 6.45) is 6.58. The number of hydrogen-bond donors (Lipinski definition) is 1. The Morgan fingerprint density at radius 2 is 2.00 bits per heavy atom. The maximum Gasteiger partial charge on any atom is -0.00226 e. The third-order valence-corrected chi connectivity index (χ3v) is 1.83. The zero-order valence-electron chi connectivity index (χ0n) is 8.14. The number of hydrogen-bond acceptors (Lipinski definition) is 1. The molecule has 0 radical (unpaired) electrons. The Hall–Kier alpha value is -0.820. The molecule has 0 rings (SSSR count). The molecule has 0 bridgehead atoms. The summed E-state index contributed by atoms with van der Waals surface area (Å²) >= 11 is 0. The summed E-state index contributed by atoms with van der Waals surface area (Å²) in [6, 6.07) is 0. The molecule has 0 fully saturated rings. The van der Waals surface area contributed by atoms with Gasteiger partial charge in [-0.25, -0.2) is 0 Å². The molecule has 2 N–H and O–H groups in total. The summed E-state index contributed by atoms with van der Waals surface area (Å²) < 4.78 is 0. The van der Waals surface area contributed by atoms with Crippen LogP contribution < -0.4 is 5.73 Å². The van der Waals surface area contributed by atoms with Gasteiger partial charge in [0, 0.05) is 0 Å². The topological polar surface area (TPSA) is 26.0 Å². The second-order valence-electron chi connectivity index (χ2n) is 3.73. The van der Waals surface area contributed by atoms with Crippen molar-refractivity contribution in [3.05, 3.63) is 37.0 Å². The molecule has 0 heterocycles. The van der Waals surface area contributed by atoms with Crippen LogP contribution in [0.1, 0.15) is 20.3 Å². The van der Waals surface area contributed by atoms with Crippen molar-refractivity contribution in [2.75, 3.05) is 6.54 Å². The average Bonchev–Trinajstić information content (AvgIpc) is 2.03. The third-order valence-electron chi connectivity index (χ3n) is 1.83. The van der Waals surface area contributed by atoms with E-state index in [2.05, 4.69) is 27.0 Å². The fourth-order valence-corrected chi connectivity index (χ4v) is 0.975. The maximum absolute atomic E-state index is 5.62. The molecule has 0 aliphatic rings. The predicted octanol–water partition coefficient (Wildman–Crippen LogP) is 2.66. The van der Waals surface area contributed by atoms with E-state index in [1.165, 1.54) is 5.57 Å². The van der Waals surface area contributed by atoms with Crippen molar-refractivity contribution in [2.45, 2.75) is 20.3 Å². The van der Waals surface area contributed by atoms with Crippen molar-refractivity contribution in [3.8, 4) is 0 Å². The van der Waals surface area contributed by atoms with E-state index in [-0.39, 0.29) is 5.41 Å². The summed E-state index contributed by atoms with van der Waals surface area (Å²) in [6.45, 7) is 12.4. The molecule has 68 valence electrons. The largest absolute Gasteiger partial charge is 0.330 e. The third kappa shape index (κ3) is 4.14. The lowest BCUT2D eigenvalue weighted by atomic mass is 9.85. The highest BCUT2D eigenvalue weighted by Gasteiger charge is 2.15. The Morgan fingerprint density at radius 1 is 1.42 bits per heavy atom. The van der Waals surface area contributed by atoms with Crippen LogP contribution >= 0.6 is 0 Å².